The predicted molar refractivity (Wildman–Crippen MR) is 104 cm³/mol. The fourth-order valence-electron chi connectivity index (χ4n) is 3.78. The molecule has 6 nitrogen and oxygen atoms in total. The Hall–Kier alpha value is -2.68. The van der Waals surface area contributed by atoms with Crippen molar-refractivity contribution in [1.29, 1.82) is 0 Å². The summed E-state index contributed by atoms with van der Waals surface area (Å²) in [6.07, 6.45) is -1.87. The summed E-state index contributed by atoms with van der Waals surface area (Å²) in [4.78, 5) is 12.5. The summed E-state index contributed by atoms with van der Waals surface area (Å²) in [7, 11) is 2.57. The molecule has 3 rings (SSSR count). The van der Waals surface area contributed by atoms with E-state index < -0.39 is 17.7 Å². The van der Waals surface area contributed by atoms with Crippen molar-refractivity contribution in [1.82, 2.24) is 15.5 Å². The number of alkyl halides is 3. The minimum atomic E-state index is -4.50. The fraction of sp³-hybridized carbons (Fsp3) is 0.476. The van der Waals surface area contributed by atoms with Crippen LogP contribution in [0, 0.1) is 12.8 Å². The Morgan fingerprint density at radius 2 is 2.03 bits per heavy atom. The summed E-state index contributed by atoms with van der Waals surface area (Å²) >= 11 is 0. The van der Waals surface area contributed by atoms with E-state index in [4.69, 9.17) is 9.47 Å². The lowest BCUT2D eigenvalue weighted by Gasteiger charge is -2.23. The molecule has 9 heteroatoms. The molecule has 0 spiro atoms. The third kappa shape index (κ3) is 4.56. The molecule has 1 aromatic carbocycles. The number of carbonyl (C=O) groups excluding carboxylic acids is 1. The molecule has 30 heavy (non-hydrogen) atoms. The molecular weight excluding hydrogens is 399 g/mol. The first kappa shape index (κ1) is 22.0. The Bertz CT molecular complexity index is 926. The van der Waals surface area contributed by atoms with Gasteiger partial charge in [0.25, 0.3) is 0 Å². The third-order valence-corrected chi connectivity index (χ3v) is 5.34. The number of benzene rings is 1. The largest absolute Gasteiger partial charge is 0.496 e. The molecule has 1 N–H and O–H groups in total. The smallest absolute Gasteiger partial charge is 0.416 e. The van der Waals surface area contributed by atoms with Gasteiger partial charge in [0.2, 0.25) is 0 Å². The minimum absolute atomic E-state index is 0.00210. The van der Waals surface area contributed by atoms with Crippen molar-refractivity contribution in [3.05, 3.63) is 40.6 Å². The highest BCUT2D eigenvalue weighted by Crippen LogP contribution is 2.38. The molecule has 1 atom stereocenters. The maximum absolute atomic E-state index is 13.1. The first-order valence-electron chi connectivity index (χ1n) is 9.67. The van der Waals surface area contributed by atoms with Crippen LogP contribution in [0.25, 0.3) is 11.3 Å². The molecule has 0 aliphatic carbocycles. The molecule has 0 saturated carbocycles. The van der Waals surface area contributed by atoms with Gasteiger partial charge in [-0.15, -0.1) is 5.10 Å². The summed E-state index contributed by atoms with van der Waals surface area (Å²) in [5.74, 6) is -0.224. The third-order valence-electron chi connectivity index (χ3n) is 5.34. The maximum atomic E-state index is 13.1. The number of carbonyl (C=O) groups is 1. The summed E-state index contributed by atoms with van der Waals surface area (Å²) in [6.45, 7) is 3.49. The number of esters is 1. The topological polar surface area (TPSA) is 73.3 Å². The normalized spacial score (nSPS) is 16.9. The van der Waals surface area contributed by atoms with Crippen molar-refractivity contribution in [3.63, 3.8) is 0 Å². The van der Waals surface area contributed by atoms with Gasteiger partial charge in [0.05, 0.1) is 31.0 Å². The lowest BCUT2D eigenvalue weighted by Crippen LogP contribution is -2.31. The number of rotatable bonds is 5. The van der Waals surface area contributed by atoms with Gasteiger partial charge >= 0.3 is 12.1 Å². The van der Waals surface area contributed by atoms with Gasteiger partial charge in [-0.05, 0) is 69.0 Å². The van der Waals surface area contributed by atoms with Crippen LogP contribution in [0.1, 0.15) is 40.0 Å². The zero-order valence-corrected chi connectivity index (χ0v) is 17.1. The van der Waals surface area contributed by atoms with Crippen LogP contribution in [-0.4, -0.2) is 43.5 Å². The van der Waals surface area contributed by atoms with E-state index in [0.29, 0.717) is 34.7 Å². The Morgan fingerprint density at radius 3 is 2.63 bits per heavy atom. The number of nitrogens with zero attached hydrogens (tertiary/aromatic N) is 2. The SMILES string of the molecule is COC(=O)c1c(C[C@@H]2CCCNC2)nnc(-c2ccc(C(F)(F)F)cc2OC)c1C. The van der Waals surface area contributed by atoms with Crippen LogP contribution in [0.5, 0.6) is 5.75 Å². The van der Waals surface area contributed by atoms with Crippen LogP contribution >= 0.6 is 0 Å². The zero-order chi connectivity index (χ0) is 21.9. The molecule has 1 saturated heterocycles. The second kappa shape index (κ2) is 8.99. The van der Waals surface area contributed by atoms with Gasteiger partial charge in [-0.2, -0.15) is 18.3 Å². The van der Waals surface area contributed by atoms with Crippen LogP contribution < -0.4 is 10.1 Å². The van der Waals surface area contributed by atoms with E-state index in [-0.39, 0.29) is 11.4 Å². The Labute approximate surface area is 172 Å². The number of ether oxygens (including phenoxy) is 2. The van der Waals surface area contributed by atoms with Crippen LogP contribution in [0.15, 0.2) is 18.2 Å². The van der Waals surface area contributed by atoms with Crippen LogP contribution in [0.4, 0.5) is 13.2 Å². The number of nitrogens with one attached hydrogen (secondary N) is 1. The van der Waals surface area contributed by atoms with E-state index in [1.165, 1.54) is 20.3 Å². The molecule has 0 amide bonds. The van der Waals surface area contributed by atoms with E-state index in [2.05, 4.69) is 15.5 Å². The standard InChI is InChI=1S/C21H24F3N3O3/c1-12-18(20(28)30-3)16(9-13-5-4-8-25-11-13)26-27-19(12)15-7-6-14(21(22,23)24)10-17(15)29-2/h6-7,10,13,25H,4-5,8-9,11H2,1-3H3/t13-/m0/s1. The van der Waals surface area contributed by atoms with Crippen molar-refractivity contribution >= 4 is 5.97 Å². The second-order valence-corrected chi connectivity index (χ2v) is 7.32. The molecule has 0 radical (unpaired) electrons. The lowest BCUT2D eigenvalue weighted by atomic mass is 9.91. The van der Waals surface area contributed by atoms with Crippen molar-refractivity contribution in [2.45, 2.75) is 32.4 Å². The highest BCUT2D eigenvalue weighted by atomic mass is 19.4. The first-order valence-corrected chi connectivity index (χ1v) is 9.67. The molecule has 0 unspecified atom stereocenters. The summed E-state index contributed by atoms with van der Waals surface area (Å²) in [5.41, 5.74) is 1.10. The molecule has 0 bridgehead atoms. The maximum Gasteiger partial charge on any atom is 0.416 e. The lowest BCUT2D eigenvalue weighted by molar-refractivity contribution is -0.137. The van der Waals surface area contributed by atoms with E-state index in [9.17, 15) is 18.0 Å². The molecule has 162 valence electrons. The number of aromatic nitrogens is 2. The fourth-order valence-corrected chi connectivity index (χ4v) is 3.78. The summed E-state index contributed by atoms with van der Waals surface area (Å²) in [5, 5.41) is 11.9. The van der Waals surface area contributed by atoms with E-state index >= 15 is 0 Å². The predicted octanol–water partition coefficient (Wildman–Crippen LogP) is 3.81. The average molecular weight is 423 g/mol. The number of hydrogen-bond acceptors (Lipinski definition) is 6. The molecule has 2 aromatic rings. The van der Waals surface area contributed by atoms with Gasteiger partial charge in [-0.1, -0.05) is 0 Å². The van der Waals surface area contributed by atoms with Crippen molar-refractivity contribution in [3.8, 4) is 17.0 Å². The van der Waals surface area contributed by atoms with E-state index in [1.54, 1.807) is 6.92 Å². The summed E-state index contributed by atoms with van der Waals surface area (Å²) < 4.78 is 49.3. The van der Waals surface area contributed by atoms with Crippen molar-refractivity contribution in [2.75, 3.05) is 27.3 Å². The van der Waals surface area contributed by atoms with Crippen molar-refractivity contribution in [2.24, 2.45) is 5.92 Å². The van der Waals surface area contributed by atoms with Gasteiger partial charge in [0.15, 0.2) is 0 Å². The second-order valence-electron chi connectivity index (χ2n) is 7.32. The Balaban J connectivity index is 2.07. The highest BCUT2D eigenvalue weighted by molar-refractivity contribution is 5.94. The number of methoxy groups -OCH3 is 2. The van der Waals surface area contributed by atoms with E-state index in [0.717, 1.165) is 38.1 Å². The van der Waals surface area contributed by atoms with Crippen LogP contribution in [0.2, 0.25) is 0 Å². The molecular formula is C21H24F3N3O3. The molecule has 1 aromatic heterocycles. The molecule has 2 heterocycles. The van der Waals surface area contributed by atoms with Gasteiger partial charge in [0, 0.05) is 5.56 Å². The highest BCUT2D eigenvalue weighted by Gasteiger charge is 2.32. The number of halogens is 3. The Morgan fingerprint density at radius 1 is 1.27 bits per heavy atom. The zero-order valence-electron chi connectivity index (χ0n) is 17.1. The van der Waals surface area contributed by atoms with Crippen LogP contribution in [0.3, 0.4) is 0 Å². The number of hydrogen-bond donors (Lipinski definition) is 1. The molecule has 1 fully saturated rings. The molecule has 1 aliphatic rings. The van der Waals surface area contributed by atoms with Crippen LogP contribution in [-0.2, 0) is 17.3 Å². The van der Waals surface area contributed by atoms with Crippen molar-refractivity contribution < 1.29 is 27.4 Å². The van der Waals surface area contributed by atoms with Gasteiger partial charge in [-0.3, -0.25) is 0 Å². The average Bonchev–Trinajstić information content (AvgIpc) is 2.73. The number of piperidine rings is 1. The van der Waals surface area contributed by atoms with E-state index in [1.807, 2.05) is 0 Å². The quantitative estimate of drug-likeness (QED) is 0.738. The molecule has 1 aliphatic heterocycles. The van der Waals surface area contributed by atoms with Gasteiger partial charge < -0.3 is 14.8 Å². The summed E-state index contributed by atoms with van der Waals surface area (Å²) in [6, 6.07) is 3.15. The Kier molecular flexibility index (Phi) is 6.60. The monoisotopic (exact) mass is 423 g/mol. The minimum Gasteiger partial charge on any atom is -0.496 e. The van der Waals surface area contributed by atoms with Gasteiger partial charge in [-0.25, -0.2) is 4.79 Å². The first-order chi connectivity index (χ1) is 14.3. The van der Waals surface area contributed by atoms with Gasteiger partial charge in [0.1, 0.15) is 11.4 Å².